The predicted octanol–water partition coefficient (Wildman–Crippen LogP) is 2.59. The number of carbonyl (C=O) groups excluding carboxylic acids is 1. The molecule has 10 heteroatoms. The van der Waals surface area contributed by atoms with Crippen LogP contribution in [0.1, 0.15) is 30.6 Å². The first-order valence-electron chi connectivity index (χ1n) is 7.37. The maximum Gasteiger partial charge on any atom is 0.340 e. The van der Waals surface area contributed by atoms with Crippen molar-refractivity contribution in [3.63, 3.8) is 0 Å². The van der Waals surface area contributed by atoms with E-state index in [1.807, 2.05) is 0 Å². The van der Waals surface area contributed by atoms with Gasteiger partial charge in [0.05, 0.1) is 5.56 Å². The lowest BCUT2D eigenvalue weighted by atomic mass is 9.99. The Morgan fingerprint density at radius 1 is 1.36 bits per heavy atom. The molecule has 2 atom stereocenters. The number of carboxylic acids is 1. The number of aromatic nitrogens is 1. The Labute approximate surface area is 141 Å². The van der Waals surface area contributed by atoms with Crippen LogP contribution in [0.5, 0.6) is 5.88 Å². The summed E-state index contributed by atoms with van der Waals surface area (Å²) in [5.74, 6) is -6.90. The molecule has 25 heavy (non-hydrogen) atoms. The summed E-state index contributed by atoms with van der Waals surface area (Å²) in [7, 11) is 0. The molecule has 1 amide bonds. The van der Waals surface area contributed by atoms with Crippen molar-refractivity contribution in [1.82, 2.24) is 10.3 Å². The van der Waals surface area contributed by atoms with E-state index in [-0.39, 0.29) is 17.4 Å². The fourth-order valence-corrected chi connectivity index (χ4v) is 1.74. The van der Waals surface area contributed by atoms with Crippen molar-refractivity contribution in [3.8, 4) is 5.88 Å². The molecule has 1 heterocycles. The van der Waals surface area contributed by atoms with E-state index in [2.05, 4.69) is 15.0 Å². The molecule has 0 spiro atoms. The van der Waals surface area contributed by atoms with Gasteiger partial charge in [0.15, 0.2) is 6.61 Å². The van der Waals surface area contributed by atoms with Crippen molar-refractivity contribution >= 4 is 11.9 Å². The number of hydrogen-bond donors (Lipinski definition) is 2. The molecule has 0 bridgehead atoms. The quantitative estimate of drug-likeness (QED) is 0.656. The summed E-state index contributed by atoms with van der Waals surface area (Å²) >= 11 is 0. The summed E-state index contributed by atoms with van der Waals surface area (Å²) in [5.41, 5.74) is -0.0254. The minimum absolute atomic E-state index is 0.0254. The van der Waals surface area contributed by atoms with Gasteiger partial charge in [0.2, 0.25) is 5.88 Å². The Balaban J connectivity index is 2.72. The van der Waals surface area contributed by atoms with Gasteiger partial charge in [0.1, 0.15) is 6.04 Å². The SMILES string of the molecule is CC[C@H](C)[C@H](NC(=O)c1ccc(OCC(F)(F)C(F)F)nc1)C(=O)O. The van der Waals surface area contributed by atoms with E-state index >= 15 is 0 Å². The first-order chi connectivity index (χ1) is 11.6. The highest BCUT2D eigenvalue weighted by molar-refractivity contribution is 5.96. The normalized spacial score (nSPS) is 14.0. The lowest BCUT2D eigenvalue weighted by Crippen LogP contribution is -2.45. The third kappa shape index (κ3) is 5.87. The number of halogens is 4. The molecule has 140 valence electrons. The first-order valence-corrected chi connectivity index (χ1v) is 7.37. The molecule has 1 aromatic rings. The van der Waals surface area contributed by atoms with Gasteiger partial charge in [-0.2, -0.15) is 8.78 Å². The molecule has 0 aliphatic carbocycles. The maximum absolute atomic E-state index is 12.7. The van der Waals surface area contributed by atoms with Crippen LogP contribution in [0.4, 0.5) is 17.6 Å². The standard InChI is InChI=1S/C15H18F4N2O4/c1-3-8(2)11(13(23)24)21-12(22)9-4-5-10(20-6-9)25-7-15(18,19)14(16)17/h4-6,8,11,14H,3,7H2,1-2H3,(H,21,22)(H,23,24)/t8-,11-/m0/s1. The summed E-state index contributed by atoms with van der Waals surface area (Å²) in [6.07, 6.45) is -2.37. The van der Waals surface area contributed by atoms with Gasteiger partial charge in [-0.1, -0.05) is 20.3 Å². The van der Waals surface area contributed by atoms with E-state index in [9.17, 15) is 27.2 Å². The number of carbonyl (C=O) groups is 2. The molecule has 1 aromatic heterocycles. The number of amides is 1. The summed E-state index contributed by atoms with van der Waals surface area (Å²) < 4.78 is 54.0. The molecule has 0 aliphatic rings. The van der Waals surface area contributed by atoms with Gasteiger partial charge >= 0.3 is 18.3 Å². The van der Waals surface area contributed by atoms with Crippen LogP contribution in [-0.2, 0) is 4.79 Å². The maximum atomic E-state index is 12.7. The lowest BCUT2D eigenvalue weighted by Gasteiger charge is -2.20. The molecule has 2 N–H and O–H groups in total. The van der Waals surface area contributed by atoms with Crippen molar-refractivity contribution in [2.75, 3.05) is 6.61 Å². The Morgan fingerprint density at radius 2 is 2.00 bits per heavy atom. The largest absolute Gasteiger partial charge is 0.480 e. The molecular weight excluding hydrogens is 348 g/mol. The van der Waals surface area contributed by atoms with E-state index in [0.29, 0.717) is 6.42 Å². The summed E-state index contributed by atoms with van der Waals surface area (Å²) in [5, 5.41) is 11.5. The molecule has 0 radical (unpaired) electrons. The van der Waals surface area contributed by atoms with Crippen molar-refractivity contribution in [2.45, 2.75) is 38.7 Å². The number of pyridine rings is 1. The average molecular weight is 366 g/mol. The number of rotatable bonds is 9. The van der Waals surface area contributed by atoms with Crippen LogP contribution < -0.4 is 10.1 Å². The highest BCUT2D eigenvalue weighted by Crippen LogP contribution is 2.23. The summed E-state index contributed by atoms with van der Waals surface area (Å²) in [4.78, 5) is 26.8. The Bertz CT molecular complexity index is 596. The van der Waals surface area contributed by atoms with E-state index in [0.717, 1.165) is 18.3 Å². The molecule has 0 aliphatic heterocycles. The van der Waals surface area contributed by atoms with Crippen LogP contribution in [0.2, 0.25) is 0 Å². The molecular formula is C15H18F4N2O4. The number of carboxylic acid groups (broad SMARTS) is 1. The van der Waals surface area contributed by atoms with Crippen LogP contribution in [-0.4, -0.2) is 47.0 Å². The number of nitrogens with one attached hydrogen (secondary N) is 1. The van der Waals surface area contributed by atoms with Gasteiger partial charge in [0, 0.05) is 12.3 Å². The van der Waals surface area contributed by atoms with Crippen molar-refractivity contribution in [2.24, 2.45) is 5.92 Å². The average Bonchev–Trinajstić information content (AvgIpc) is 2.57. The molecule has 1 rings (SSSR count). The second-order valence-electron chi connectivity index (χ2n) is 5.41. The van der Waals surface area contributed by atoms with E-state index in [1.165, 1.54) is 0 Å². The van der Waals surface area contributed by atoms with Crippen LogP contribution in [0.25, 0.3) is 0 Å². The highest BCUT2D eigenvalue weighted by atomic mass is 19.3. The van der Waals surface area contributed by atoms with Gasteiger partial charge < -0.3 is 15.2 Å². The molecule has 0 unspecified atom stereocenters. The first kappa shape index (κ1) is 20.7. The van der Waals surface area contributed by atoms with Crippen LogP contribution in [0, 0.1) is 5.92 Å². The Kier molecular flexibility index (Phi) is 7.13. The van der Waals surface area contributed by atoms with Crippen LogP contribution >= 0.6 is 0 Å². The van der Waals surface area contributed by atoms with E-state index in [1.54, 1.807) is 13.8 Å². The van der Waals surface area contributed by atoms with Crippen molar-refractivity contribution in [3.05, 3.63) is 23.9 Å². The minimum atomic E-state index is -4.32. The fourth-order valence-electron chi connectivity index (χ4n) is 1.74. The number of aliphatic carboxylic acids is 1. The second kappa shape index (κ2) is 8.63. The molecule has 0 fully saturated rings. The highest BCUT2D eigenvalue weighted by Gasteiger charge is 2.41. The number of hydrogen-bond acceptors (Lipinski definition) is 4. The zero-order valence-electron chi connectivity index (χ0n) is 13.5. The third-order valence-corrected chi connectivity index (χ3v) is 3.50. The fraction of sp³-hybridized carbons (Fsp3) is 0.533. The number of nitrogens with zero attached hydrogens (tertiary/aromatic N) is 1. The van der Waals surface area contributed by atoms with Crippen molar-refractivity contribution in [1.29, 1.82) is 0 Å². The zero-order valence-corrected chi connectivity index (χ0v) is 13.5. The minimum Gasteiger partial charge on any atom is -0.480 e. The van der Waals surface area contributed by atoms with Gasteiger partial charge in [-0.25, -0.2) is 18.6 Å². The summed E-state index contributed by atoms with van der Waals surface area (Å²) in [6.45, 7) is 1.88. The van der Waals surface area contributed by atoms with Crippen LogP contribution in [0.3, 0.4) is 0 Å². The zero-order chi connectivity index (χ0) is 19.2. The van der Waals surface area contributed by atoms with Gasteiger partial charge in [0.25, 0.3) is 5.91 Å². The van der Waals surface area contributed by atoms with Gasteiger partial charge in [-0.3, -0.25) is 4.79 Å². The molecule has 0 saturated carbocycles. The predicted molar refractivity (Wildman–Crippen MR) is 79.0 cm³/mol. The smallest absolute Gasteiger partial charge is 0.340 e. The molecule has 0 aromatic carbocycles. The van der Waals surface area contributed by atoms with E-state index in [4.69, 9.17) is 5.11 Å². The lowest BCUT2D eigenvalue weighted by molar-refractivity contribution is -0.148. The number of ether oxygens (including phenoxy) is 1. The van der Waals surface area contributed by atoms with Crippen LogP contribution in [0.15, 0.2) is 18.3 Å². The van der Waals surface area contributed by atoms with Gasteiger partial charge in [-0.05, 0) is 12.0 Å². The number of alkyl halides is 4. The Morgan fingerprint density at radius 3 is 2.44 bits per heavy atom. The van der Waals surface area contributed by atoms with Gasteiger partial charge in [-0.15, -0.1) is 0 Å². The third-order valence-electron chi connectivity index (χ3n) is 3.50. The Hall–Kier alpha value is -2.39. The second-order valence-corrected chi connectivity index (χ2v) is 5.41. The summed E-state index contributed by atoms with van der Waals surface area (Å²) in [6, 6.07) is 1.11. The topological polar surface area (TPSA) is 88.5 Å². The van der Waals surface area contributed by atoms with E-state index < -0.39 is 36.9 Å². The molecule has 0 saturated heterocycles. The van der Waals surface area contributed by atoms with Crippen molar-refractivity contribution < 1.29 is 37.0 Å². The molecule has 6 nitrogen and oxygen atoms in total. The monoisotopic (exact) mass is 366 g/mol.